The first kappa shape index (κ1) is 13.6. The Bertz CT molecular complexity index is 620. The van der Waals surface area contributed by atoms with Gasteiger partial charge in [0.15, 0.2) is 17.4 Å². The van der Waals surface area contributed by atoms with E-state index in [1.165, 1.54) is 18.2 Å². The summed E-state index contributed by atoms with van der Waals surface area (Å²) in [6.45, 7) is 0. The quantitative estimate of drug-likeness (QED) is 0.773. The summed E-state index contributed by atoms with van der Waals surface area (Å²) in [6.07, 6.45) is -0.252. The number of halogens is 4. The lowest BCUT2D eigenvalue weighted by Gasteiger charge is -2.05. The van der Waals surface area contributed by atoms with Crippen molar-refractivity contribution in [1.82, 2.24) is 0 Å². The van der Waals surface area contributed by atoms with Gasteiger partial charge in [-0.2, -0.15) is 0 Å². The molecule has 1 nitrogen and oxygen atoms in total. The molecular weight excluding hydrogens is 277 g/mol. The van der Waals surface area contributed by atoms with Crippen LogP contribution in [-0.2, 0) is 6.42 Å². The van der Waals surface area contributed by atoms with Crippen molar-refractivity contribution in [2.75, 3.05) is 0 Å². The normalized spacial score (nSPS) is 10.5. The van der Waals surface area contributed by atoms with Crippen molar-refractivity contribution in [3.63, 3.8) is 0 Å². The predicted molar refractivity (Wildman–Crippen MR) is 65.8 cm³/mol. The summed E-state index contributed by atoms with van der Waals surface area (Å²) in [5.74, 6) is -3.38. The molecule has 0 N–H and O–H groups in total. The molecule has 2 aromatic rings. The third-order valence-corrected chi connectivity index (χ3v) is 2.91. The van der Waals surface area contributed by atoms with Crippen LogP contribution in [0.25, 0.3) is 0 Å². The molecule has 0 fully saturated rings. The molecule has 0 aliphatic rings. The highest BCUT2D eigenvalue weighted by Crippen LogP contribution is 2.21. The molecule has 0 unspecified atom stereocenters. The lowest BCUT2D eigenvalue weighted by molar-refractivity contribution is 0.0989. The van der Waals surface area contributed by atoms with Crippen LogP contribution in [0.3, 0.4) is 0 Å². The zero-order valence-electron chi connectivity index (χ0n) is 9.59. The minimum absolute atomic E-state index is 0.00687. The van der Waals surface area contributed by atoms with E-state index in [0.29, 0.717) is 0 Å². The minimum Gasteiger partial charge on any atom is -0.294 e. The Morgan fingerprint density at radius 1 is 1.00 bits per heavy atom. The number of hydrogen-bond acceptors (Lipinski definition) is 1. The summed E-state index contributed by atoms with van der Waals surface area (Å²) in [5.41, 5.74) is 0.0112. The second-order valence-corrected chi connectivity index (χ2v) is 4.35. The first-order valence-corrected chi connectivity index (χ1v) is 5.78. The zero-order chi connectivity index (χ0) is 14.0. The molecular formula is C14H8ClF3O. The fourth-order valence-corrected chi connectivity index (χ4v) is 1.96. The summed E-state index contributed by atoms with van der Waals surface area (Å²) < 4.78 is 39.3. The van der Waals surface area contributed by atoms with Gasteiger partial charge >= 0.3 is 0 Å². The fourth-order valence-electron chi connectivity index (χ4n) is 1.69. The van der Waals surface area contributed by atoms with E-state index in [0.717, 1.165) is 18.2 Å². The Balaban J connectivity index is 2.28. The van der Waals surface area contributed by atoms with Crippen molar-refractivity contribution in [2.45, 2.75) is 6.42 Å². The SMILES string of the molecule is O=C(Cc1ccc(F)c(F)c1)c1c(F)cccc1Cl. The molecule has 0 atom stereocenters. The van der Waals surface area contributed by atoms with Gasteiger partial charge in [0, 0.05) is 6.42 Å². The smallest absolute Gasteiger partial charge is 0.171 e. The number of carbonyl (C=O) groups is 1. The van der Waals surface area contributed by atoms with E-state index in [-0.39, 0.29) is 22.6 Å². The van der Waals surface area contributed by atoms with Crippen LogP contribution in [0.5, 0.6) is 0 Å². The lowest BCUT2D eigenvalue weighted by atomic mass is 10.0. The molecule has 2 rings (SSSR count). The maximum atomic E-state index is 13.5. The molecule has 0 saturated carbocycles. The first-order valence-electron chi connectivity index (χ1n) is 5.40. The Morgan fingerprint density at radius 2 is 1.74 bits per heavy atom. The average Bonchev–Trinajstić information content (AvgIpc) is 2.33. The molecule has 0 spiro atoms. The maximum absolute atomic E-state index is 13.5. The standard InChI is InChI=1S/C14H8ClF3O/c15-9-2-1-3-11(17)14(9)13(19)7-8-4-5-10(16)12(18)6-8/h1-6H,7H2. The number of rotatable bonds is 3. The lowest BCUT2D eigenvalue weighted by Crippen LogP contribution is -2.07. The number of benzene rings is 2. The highest BCUT2D eigenvalue weighted by Gasteiger charge is 2.16. The van der Waals surface area contributed by atoms with E-state index in [4.69, 9.17) is 11.6 Å². The van der Waals surface area contributed by atoms with Crippen LogP contribution in [0.2, 0.25) is 5.02 Å². The summed E-state index contributed by atoms with van der Waals surface area (Å²) in [4.78, 5) is 11.9. The molecule has 19 heavy (non-hydrogen) atoms. The minimum atomic E-state index is -1.05. The van der Waals surface area contributed by atoms with Crippen molar-refractivity contribution in [3.05, 3.63) is 70.0 Å². The maximum Gasteiger partial charge on any atom is 0.171 e. The van der Waals surface area contributed by atoms with Gasteiger partial charge in [0.05, 0.1) is 10.6 Å². The Morgan fingerprint density at radius 3 is 2.37 bits per heavy atom. The van der Waals surface area contributed by atoms with Gasteiger partial charge in [-0.3, -0.25) is 4.79 Å². The Kier molecular flexibility index (Phi) is 3.90. The molecule has 0 aliphatic carbocycles. The molecule has 0 saturated heterocycles. The van der Waals surface area contributed by atoms with E-state index < -0.39 is 23.2 Å². The topological polar surface area (TPSA) is 17.1 Å². The molecule has 0 amide bonds. The van der Waals surface area contributed by atoms with Gasteiger partial charge in [0.1, 0.15) is 5.82 Å². The summed E-state index contributed by atoms with van der Waals surface area (Å²) in [6, 6.07) is 6.98. The third-order valence-electron chi connectivity index (χ3n) is 2.59. The van der Waals surface area contributed by atoms with Gasteiger partial charge in [-0.1, -0.05) is 23.7 Å². The highest BCUT2D eigenvalue weighted by molar-refractivity contribution is 6.34. The Hall–Kier alpha value is -1.81. The number of carbonyl (C=O) groups excluding carboxylic acids is 1. The Labute approximate surface area is 112 Å². The number of Topliss-reactive ketones (excluding diaryl/α,β-unsaturated/α-hetero) is 1. The van der Waals surface area contributed by atoms with Crippen LogP contribution >= 0.6 is 11.6 Å². The molecule has 0 radical (unpaired) electrons. The molecule has 0 bridgehead atoms. The molecule has 98 valence electrons. The summed E-state index contributed by atoms with van der Waals surface area (Å²) in [7, 11) is 0. The van der Waals surface area contributed by atoms with E-state index >= 15 is 0 Å². The van der Waals surface area contributed by atoms with Crippen LogP contribution < -0.4 is 0 Å². The van der Waals surface area contributed by atoms with Crippen LogP contribution in [-0.4, -0.2) is 5.78 Å². The van der Waals surface area contributed by atoms with Gasteiger partial charge < -0.3 is 0 Å². The molecule has 0 heterocycles. The predicted octanol–water partition coefficient (Wildman–Crippen LogP) is 4.18. The summed E-state index contributed by atoms with van der Waals surface area (Å²) >= 11 is 5.75. The van der Waals surface area contributed by atoms with Gasteiger partial charge in [0.2, 0.25) is 0 Å². The summed E-state index contributed by atoms with van der Waals surface area (Å²) in [5, 5.41) is -0.00687. The highest BCUT2D eigenvalue weighted by atomic mass is 35.5. The second-order valence-electron chi connectivity index (χ2n) is 3.95. The fraction of sp³-hybridized carbons (Fsp3) is 0.0714. The van der Waals surface area contributed by atoms with Crippen molar-refractivity contribution in [1.29, 1.82) is 0 Å². The van der Waals surface area contributed by atoms with Crippen LogP contribution in [0.1, 0.15) is 15.9 Å². The molecule has 5 heteroatoms. The largest absolute Gasteiger partial charge is 0.294 e. The van der Waals surface area contributed by atoms with Crippen molar-refractivity contribution >= 4 is 17.4 Å². The van der Waals surface area contributed by atoms with Crippen molar-refractivity contribution in [2.24, 2.45) is 0 Å². The zero-order valence-corrected chi connectivity index (χ0v) is 10.3. The van der Waals surface area contributed by atoms with Crippen molar-refractivity contribution in [3.8, 4) is 0 Å². The number of hydrogen-bond donors (Lipinski definition) is 0. The number of ketones is 1. The van der Waals surface area contributed by atoms with Crippen LogP contribution in [0, 0.1) is 17.5 Å². The van der Waals surface area contributed by atoms with Gasteiger partial charge in [-0.25, -0.2) is 13.2 Å². The van der Waals surface area contributed by atoms with Crippen LogP contribution in [0.4, 0.5) is 13.2 Å². The average molecular weight is 285 g/mol. The molecule has 2 aromatic carbocycles. The van der Waals surface area contributed by atoms with E-state index in [2.05, 4.69) is 0 Å². The van der Waals surface area contributed by atoms with Crippen molar-refractivity contribution < 1.29 is 18.0 Å². The molecule has 0 aliphatic heterocycles. The molecule has 0 aromatic heterocycles. The third kappa shape index (κ3) is 2.96. The van der Waals surface area contributed by atoms with Gasteiger partial charge in [0.25, 0.3) is 0 Å². The van der Waals surface area contributed by atoms with E-state index in [1.54, 1.807) is 0 Å². The van der Waals surface area contributed by atoms with E-state index in [9.17, 15) is 18.0 Å². The van der Waals surface area contributed by atoms with Crippen LogP contribution in [0.15, 0.2) is 36.4 Å². The monoisotopic (exact) mass is 284 g/mol. The second kappa shape index (κ2) is 5.45. The van der Waals surface area contributed by atoms with Gasteiger partial charge in [-0.15, -0.1) is 0 Å². The van der Waals surface area contributed by atoms with Gasteiger partial charge in [-0.05, 0) is 29.8 Å². The van der Waals surface area contributed by atoms with E-state index in [1.807, 2.05) is 0 Å². The first-order chi connectivity index (χ1) is 8.99.